The second kappa shape index (κ2) is 5.88. The number of carboxylic acids is 1. The zero-order valence-corrected chi connectivity index (χ0v) is 11.7. The first-order valence-electron chi connectivity index (χ1n) is 5.78. The molecule has 0 spiro atoms. The molecule has 1 aliphatic rings. The van der Waals surface area contributed by atoms with Crippen molar-refractivity contribution < 1.29 is 14.7 Å². The minimum absolute atomic E-state index is 0.00741. The molecule has 0 unspecified atom stereocenters. The minimum atomic E-state index is -0.979. The van der Waals surface area contributed by atoms with Crippen molar-refractivity contribution in [2.24, 2.45) is 0 Å². The highest BCUT2D eigenvalue weighted by atomic mass is 79.9. The number of piperazine rings is 1. The van der Waals surface area contributed by atoms with Crippen molar-refractivity contribution in [3.8, 4) is 0 Å². The van der Waals surface area contributed by atoms with Crippen molar-refractivity contribution in [2.45, 2.75) is 0 Å². The van der Waals surface area contributed by atoms with Crippen molar-refractivity contribution in [2.75, 3.05) is 24.5 Å². The Morgan fingerprint density at radius 3 is 2.89 bits per heavy atom. The highest BCUT2D eigenvalue weighted by Crippen LogP contribution is 2.28. The highest BCUT2D eigenvalue weighted by molar-refractivity contribution is 9.10. The Balaban J connectivity index is 2.19. The molecule has 1 aromatic rings. The van der Waals surface area contributed by atoms with E-state index in [1.807, 2.05) is 23.1 Å². The Bertz CT molecular complexity index is 543. The van der Waals surface area contributed by atoms with Gasteiger partial charge >= 0.3 is 5.97 Å². The monoisotopic (exact) mass is 324 g/mol. The van der Waals surface area contributed by atoms with Gasteiger partial charge in [0.15, 0.2) is 0 Å². The summed E-state index contributed by atoms with van der Waals surface area (Å²) < 4.78 is 0.842. The molecule has 5 nitrogen and oxygen atoms in total. The van der Waals surface area contributed by atoms with Crippen LogP contribution in [0.3, 0.4) is 0 Å². The van der Waals surface area contributed by atoms with Crippen LogP contribution in [0.5, 0.6) is 0 Å². The zero-order chi connectivity index (χ0) is 13.8. The lowest BCUT2D eigenvalue weighted by molar-refractivity contribution is -0.131. The molecule has 1 saturated heterocycles. The van der Waals surface area contributed by atoms with Crippen molar-refractivity contribution in [1.82, 2.24) is 5.32 Å². The molecule has 0 aliphatic carbocycles. The maximum atomic E-state index is 11.4. The summed E-state index contributed by atoms with van der Waals surface area (Å²) >= 11 is 3.45. The second-order valence-electron chi connectivity index (χ2n) is 4.15. The van der Waals surface area contributed by atoms with Gasteiger partial charge in [-0.1, -0.05) is 6.07 Å². The van der Waals surface area contributed by atoms with E-state index in [-0.39, 0.29) is 5.91 Å². The molecule has 0 saturated carbocycles. The third-order valence-electron chi connectivity index (χ3n) is 2.77. The Hall–Kier alpha value is -1.82. The van der Waals surface area contributed by atoms with E-state index < -0.39 is 5.97 Å². The first-order valence-corrected chi connectivity index (χ1v) is 6.58. The van der Waals surface area contributed by atoms with Crippen LogP contribution in [-0.4, -0.2) is 36.6 Å². The highest BCUT2D eigenvalue weighted by Gasteiger charge is 2.18. The number of nitrogens with one attached hydrogen (secondary N) is 1. The van der Waals surface area contributed by atoms with Gasteiger partial charge in [-0.25, -0.2) is 4.79 Å². The van der Waals surface area contributed by atoms with Crippen molar-refractivity contribution >= 4 is 39.6 Å². The van der Waals surface area contributed by atoms with E-state index >= 15 is 0 Å². The van der Waals surface area contributed by atoms with Crippen LogP contribution in [-0.2, 0) is 9.59 Å². The molecule has 6 heteroatoms. The number of aliphatic carboxylic acids is 1. The Kier molecular flexibility index (Phi) is 4.21. The van der Waals surface area contributed by atoms with Gasteiger partial charge in [0.1, 0.15) is 0 Å². The largest absolute Gasteiger partial charge is 0.478 e. The molecule has 0 atom stereocenters. The van der Waals surface area contributed by atoms with E-state index in [2.05, 4.69) is 21.2 Å². The number of benzene rings is 1. The number of carboxylic acid groups (broad SMARTS) is 1. The van der Waals surface area contributed by atoms with Gasteiger partial charge in [-0.05, 0) is 39.7 Å². The van der Waals surface area contributed by atoms with Gasteiger partial charge in [-0.15, -0.1) is 0 Å². The molecule has 19 heavy (non-hydrogen) atoms. The van der Waals surface area contributed by atoms with E-state index in [4.69, 9.17) is 5.11 Å². The van der Waals surface area contributed by atoms with Gasteiger partial charge in [0, 0.05) is 23.6 Å². The van der Waals surface area contributed by atoms with Crippen molar-refractivity contribution in [3.05, 3.63) is 34.3 Å². The molecular weight excluding hydrogens is 312 g/mol. The van der Waals surface area contributed by atoms with Gasteiger partial charge in [-0.3, -0.25) is 4.79 Å². The Labute approximate surface area is 119 Å². The van der Waals surface area contributed by atoms with Gasteiger partial charge < -0.3 is 15.3 Å². The number of hydrogen-bond acceptors (Lipinski definition) is 3. The van der Waals surface area contributed by atoms with Crippen LogP contribution in [0.15, 0.2) is 28.7 Å². The SMILES string of the molecule is O=C(O)/C=C/c1ccc(N2CCNC(=O)C2)c(Br)c1. The van der Waals surface area contributed by atoms with Crippen LogP contribution in [0.1, 0.15) is 5.56 Å². The smallest absolute Gasteiger partial charge is 0.328 e. The Morgan fingerprint density at radius 1 is 1.47 bits per heavy atom. The molecule has 2 rings (SSSR count). The maximum absolute atomic E-state index is 11.4. The molecule has 0 radical (unpaired) electrons. The number of amides is 1. The fraction of sp³-hybridized carbons (Fsp3) is 0.231. The number of hydrogen-bond donors (Lipinski definition) is 2. The average Bonchev–Trinajstić information content (AvgIpc) is 2.36. The van der Waals surface area contributed by atoms with Crippen LogP contribution < -0.4 is 10.2 Å². The summed E-state index contributed by atoms with van der Waals surface area (Å²) in [5.74, 6) is -0.971. The van der Waals surface area contributed by atoms with Gasteiger partial charge in [0.05, 0.1) is 12.2 Å². The Morgan fingerprint density at radius 2 is 2.26 bits per heavy atom. The summed E-state index contributed by atoms with van der Waals surface area (Å²) in [6, 6.07) is 5.54. The number of rotatable bonds is 3. The lowest BCUT2D eigenvalue weighted by Gasteiger charge is -2.29. The van der Waals surface area contributed by atoms with Gasteiger partial charge in [-0.2, -0.15) is 0 Å². The van der Waals surface area contributed by atoms with Crippen LogP contribution in [0.2, 0.25) is 0 Å². The van der Waals surface area contributed by atoms with E-state index in [0.717, 1.165) is 28.3 Å². The van der Waals surface area contributed by atoms with Crippen LogP contribution in [0.4, 0.5) is 5.69 Å². The van der Waals surface area contributed by atoms with Crippen LogP contribution >= 0.6 is 15.9 Å². The summed E-state index contributed by atoms with van der Waals surface area (Å²) in [6.07, 6.45) is 2.62. The molecule has 0 bridgehead atoms. The molecule has 1 aliphatic heterocycles. The first kappa shape index (κ1) is 13.6. The number of carbonyl (C=O) groups excluding carboxylic acids is 1. The molecule has 2 N–H and O–H groups in total. The second-order valence-corrected chi connectivity index (χ2v) is 5.01. The molecule has 1 heterocycles. The van der Waals surface area contributed by atoms with Crippen molar-refractivity contribution in [1.29, 1.82) is 0 Å². The lowest BCUT2D eigenvalue weighted by atomic mass is 10.1. The summed E-state index contributed by atoms with van der Waals surface area (Å²) in [5, 5.41) is 11.4. The summed E-state index contributed by atoms with van der Waals surface area (Å²) in [5.41, 5.74) is 1.72. The number of anilines is 1. The van der Waals surface area contributed by atoms with E-state index in [9.17, 15) is 9.59 Å². The summed E-state index contributed by atoms with van der Waals surface area (Å²) in [4.78, 5) is 23.8. The quantitative estimate of drug-likeness (QED) is 0.826. The van der Waals surface area contributed by atoms with E-state index in [1.165, 1.54) is 6.08 Å². The standard InChI is InChI=1S/C13H13BrN2O3/c14-10-7-9(2-4-13(18)19)1-3-11(10)16-6-5-15-12(17)8-16/h1-4,7H,5-6,8H2,(H,15,17)(H,18,19)/b4-2+. The van der Waals surface area contributed by atoms with Gasteiger partial charge in [0.2, 0.25) is 5.91 Å². The number of nitrogens with zero attached hydrogens (tertiary/aromatic N) is 1. The molecule has 1 fully saturated rings. The van der Waals surface area contributed by atoms with Crippen molar-refractivity contribution in [3.63, 3.8) is 0 Å². The normalized spacial score (nSPS) is 15.6. The first-order chi connectivity index (χ1) is 9.06. The van der Waals surface area contributed by atoms with E-state index in [1.54, 1.807) is 0 Å². The fourth-order valence-electron chi connectivity index (χ4n) is 1.90. The fourth-order valence-corrected chi connectivity index (χ4v) is 2.54. The molecular formula is C13H13BrN2O3. The van der Waals surface area contributed by atoms with Crippen LogP contribution in [0.25, 0.3) is 6.08 Å². The summed E-state index contributed by atoms with van der Waals surface area (Å²) in [6.45, 7) is 1.73. The van der Waals surface area contributed by atoms with Gasteiger partial charge in [0.25, 0.3) is 0 Å². The van der Waals surface area contributed by atoms with Crippen LogP contribution in [0, 0.1) is 0 Å². The number of carbonyl (C=O) groups is 2. The predicted octanol–water partition coefficient (Wildman–Crippen LogP) is 1.48. The summed E-state index contributed by atoms with van der Waals surface area (Å²) in [7, 11) is 0. The third-order valence-corrected chi connectivity index (χ3v) is 3.40. The third kappa shape index (κ3) is 3.57. The molecule has 1 aromatic carbocycles. The molecule has 1 amide bonds. The number of halogens is 1. The van der Waals surface area contributed by atoms with E-state index in [0.29, 0.717) is 13.1 Å². The topological polar surface area (TPSA) is 69.6 Å². The maximum Gasteiger partial charge on any atom is 0.328 e. The molecule has 100 valence electrons. The molecule has 0 aromatic heterocycles. The minimum Gasteiger partial charge on any atom is -0.478 e. The predicted molar refractivity (Wildman–Crippen MR) is 76.0 cm³/mol. The zero-order valence-electron chi connectivity index (χ0n) is 10.1. The lowest BCUT2D eigenvalue weighted by Crippen LogP contribution is -2.47. The average molecular weight is 325 g/mol.